The van der Waals surface area contributed by atoms with Crippen LogP contribution in [0.5, 0.6) is 0 Å². The van der Waals surface area contributed by atoms with E-state index in [2.05, 4.69) is 9.44 Å². The average molecular weight is 409 g/mol. The number of aliphatic hydroxyl groups is 4. The number of benzene rings is 1. The number of aliphatic hydroxyl groups excluding tert-OH is 4. The van der Waals surface area contributed by atoms with Gasteiger partial charge in [0.25, 0.3) is 0 Å². The fourth-order valence-corrected chi connectivity index (χ4v) is 3.58. The third-order valence-electron chi connectivity index (χ3n) is 3.53. The monoisotopic (exact) mass is 409 g/mol. The van der Waals surface area contributed by atoms with Gasteiger partial charge in [-0.15, -0.1) is 0 Å². The van der Waals surface area contributed by atoms with Gasteiger partial charge in [-0.2, -0.15) is 8.42 Å². The molecule has 0 saturated carbocycles. The summed E-state index contributed by atoms with van der Waals surface area (Å²) in [5.74, 6) is 0. The number of hydrogen-bond donors (Lipinski definition) is 5. The molecule has 1 heterocycles. The highest BCUT2D eigenvalue weighted by Gasteiger charge is 2.44. The van der Waals surface area contributed by atoms with Crippen molar-refractivity contribution in [2.45, 2.75) is 36.3 Å². The second-order valence-corrected chi connectivity index (χ2v) is 7.64. The van der Waals surface area contributed by atoms with E-state index in [-0.39, 0.29) is 11.5 Å². The Kier molecular flexibility index (Phi) is 7.37. The topological polar surface area (TPSA) is 166 Å². The van der Waals surface area contributed by atoms with Gasteiger partial charge in [-0.05, 0) is 5.56 Å². The SMILES string of the molecule is O=S(=O)(O)O/N=C(\Cc1ccccc1)S[C@H]1O[C@H](CO)[C@@H](O)[C@H](O)[C@H]1O. The Bertz CT molecular complexity index is 710. The van der Waals surface area contributed by atoms with Crippen LogP contribution in [0.15, 0.2) is 35.5 Å². The second kappa shape index (κ2) is 9.10. The lowest BCUT2D eigenvalue weighted by Crippen LogP contribution is -2.57. The second-order valence-electron chi connectivity index (χ2n) is 5.46. The lowest BCUT2D eigenvalue weighted by atomic mass is 10.0. The van der Waals surface area contributed by atoms with E-state index in [9.17, 15) is 28.8 Å². The smallest absolute Gasteiger partial charge is 0.394 e. The first-order valence-electron chi connectivity index (χ1n) is 7.45. The Morgan fingerprint density at radius 2 is 1.81 bits per heavy atom. The summed E-state index contributed by atoms with van der Waals surface area (Å²) >= 11 is 0.729. The summed E-state index contributed by atoms with van der Waals surface area (Å²) in [6, 6.07) is 8.73. The third-order valence-corrected chi connectivity index (χ3v) is 4.91. The van der Waals surface area contributed by atoms with E-state index in [1.165, 1.54) is 0 Å². The predicted molar refractivity (Wildman–Crippen MR) is 91.6 cm³/mol. The van der Waals surface area contributed by atoms with Crippen molar-refractivity contribution in [3.63, 3.8) is 0 Å². The van der Waals surface area contributed by atoms with E-state index in [0.717, 1.165) is 17.3 Å². The molecule has 0 aliphatic carbocycles. The van der Waals surface area contributed by atoms with Gasteiger partial charge >= 0.3 is 10.4 Å². The summed E-state index contributed by atoms with van der Waals surface area (Å²) < 4.78 is 39.6. The molecule has 1 fully saturated rings. The number of thioether (sulfide) groups is 1. The van der Waals surface area contributed by atoms with Crippen LogP contribution >= 0.6 is 11.8 Å². The summed E-state index contributed by atoms with van der Waals surface area (Å²) in [6.07, 6.45) is -5.68. The molecule has 12 heteroatoms. The van der Waals surface area contributed by atoms with Crippen molar-refractivity contribution in [3.05, 3.63) is 35.9 Å². The van der Waals surface area contributed by atoms with Gasteiger partial charge in [-0.1, -0.05) is 47.2 Å². The van der Waals surface area contributed by atoms with Gasteiger partial charge < -0.3 is 25.2 Å². The molecule has 146 valence electrons. The fourth-order valence-electron chi connectivity index (χ4n) is 2.25. The molecule has 0 aromatic heterocycles. The predicted octanol–water partition coefficient (Wildman–Crippen LogP) is -1.10. The molecule has 10 nitrogen and oxygen atoms in total. The normalized spacial score (nSPS) is 30.2. The summed E-state index contributed by atoms with van der Waals surface area (Å²) in [6.45, 7) is -0.602. The number of oxime groups is 1. The molecule has 0 radical (unpaired) electrons. The van der Waals surface area contributed by atoms with Crippen LogP contribution in [0.1, 0.15) is 5.56 Å². The first-order chi connectivity index (χ1) is 12.2. The van der Waals surface area contributed by atoms with Crippen LogP contribution in [0.2, 0.25) is 0 Å². The maximum Gasteiger partial charge on any atom is 0.466 e. The molecule has 2 rings (SSSR count). The van der Waals surface area contributed by atoms with Gasteiger partial charge in [-0.25, -0.2) is 4.28 Å². The maximum atomic E-state index is 10.8. The number of nitrogens with zero attached hydrogens (tertiary/aromatic N) is 1. The minimum Gasteiger partial charge on any atom is -0.394 e. The van der Waals surface area contributed by atoms with Gasteiger partial charge in [0.1, 0.15) is 34.9 Å². The summed E-state index contributed by atoms with van der Waals surface area (Å²) in [5, 5.41) is 42.2. The standard InChI is InChI=1S/C14H19NO9S2/c16-7-9-11(17)12(18)13(19)14(23-9)25-10(15-24-26(20,21)22)6-8-4-2-1-3-5-8/h1-5,9,11-14,16-19H,6-7H2,(H,20,21,22)/b15-10+/t9-,11-,12+,13-,14-/m1/s1. The van der Waals surface area contributed by atoms with Crippen molar-refractivity contribution in [2.75, 3.05) is 6.61 Å². The van der Waals surface area contributed by atoms with Crippen LogP contribution in [0.3, 0.4) is 0 Å². The number of rotatable bonds is 6. The van der Waals surface area contributed by atoms with E-state index in [0.29, 0.717) is 0 Å². The zero-order chi connectivity index (χ0) is 19.3. The van der Waals surface area contributed by atoms with E-state index in [1.54, 1.807) is 30.3 Å². The van der Waals surface area contributed by atoms with Crippen LogP contribution in [0.4, 0.5) is 0 Å². The van der Waals surface area contributed by atoms with Crippen LogP contribution in [-0.2, 0) is 25.8 Å². The molecule has 1 aliphatic heterocycles. The zero-order valence-electron chi connectivity index (χ0n) is 13.3. The molecule has 5 N–H and O–H groups in total. The summed E-state index contributed by atoms with van der Waals surface area (Å²) in [4.78, 5) is 0. The molecule has 1 aromatic carbocycles. The Labute approximate surface area is 154 Å². The van der Waals surface area contributed by atoms with Crippen molar-refractivity contribution in [1.82, 2.24) is 0 Å². The van der Waals surface area contributed by atoms with Crippen molar-refractivity contribution in [2.24, 2.45) is 5.16 Å². The maximum absolute atomic E-state index is 10.8. The molecule has 5 atom stereocenters. The molecule has 0 amide bonds. The Morgan fingerprint density at radius 1 is 1.15 bits per heavy atom. The van der Waals surface area contributed by atoms with Crippen LogP contribution in [0, 0.1) is 0 Å². The van der Waals surface area contributed by atoms with Crippen LogP contribution in [0.25, 0.3) is 0 Å². The van der Waals surface area contributed by atoms with Crippen molar-refractivity contribution in [1.29, 1.82) is 0 Å². The van der Waals surface area contributed by atoms with Gasteiger partial charge in [0, 0.05) is 6.42 Å². The van der Waals surface area contributed by atoms with E-state index < -0.39 is 46.9 Å². The minimum atomic E-state index is -4.83. The number of ether oxygens (including phenoxy) is 1. The largest absolute Gasteiger partial charge is 0.466 e. The Balaban J connectivity index is 2.19. The molecule has 1 saturated heterocycles. The Hall–Kier alpha value is -1.25. The van der Waals surface area contributed by atoms with E-state index in [4.69, 9.17) is 9.29 Å². The van der Waals surface area contributed by atoms with Gasteiger partial charge in [0.05, 0.1) is 6.61 Å². The summed E-state index contributed by atoms with van der Waals surface area (Å²) in [5.41, 5.74) is -0.444. The molecule has 26 heavy (non-hydrogen) atoms. The zero-order valence-corrected chi connectivity index (χ0v) is 15.0. The molecule has 0 bridgehead atoms. The molecule has 0 unspecified atom stereocenters. The quantitative estimate of drug-likeness (QED) is 0.168. The van der Waals surface area contributed by atoms with Gasteiger partial charge in [0.15, 0.2) is 0 Å². The molecular formula is C14H19NO9S2. The van der Waals surface area contributed by atoms with Crippen molar-refractivity contribution >= 4 is 27.2 Å². The molecule has 1 aromatic rings. The molecular weight excluding hydrogens is 390 g/mol. The summed E-state index contributed by atoms with van der Waals surface area (Å²) in [7, 11) is -4.83. The minimum absolute atomic E-state index is 0.0122. The van der Waals surface area contributed by atoms with E-state index in [1.807, 2.05) is 0 Å². The van der Waals surface area contributed by atoms with Crippen LogP contribution < -0.4 is 0 Å². The highest BCUT2D eigenvalue weighted by molar-refractivity contribution is 8.14. The molecule has 0 spiro atoms. The lowest BCUT2D eigenvalue weighted by molar-refractivity contribution is -0.205. The lowest BCUT2D eigenvalue weighted by Gasteiger charge is -2.39. The molecule has 1 aliphatic rings. The fraction of sp³-hybridized carbons (Fsp3) is 0.500. The Morgan fingerprint density at radius 3 is 2.38 bits per heavy atom. The highest BCUT2D eigenvalue weighted by atomic mass is 32.3. The van der Waals surface area contributed by atoms with Crippen molar-refractivity contribution < 1.29 is 42.4 Å². The third kappa shape index (κ3) is 5.89. The number of hydrogen-bond acceptors (Lipinski definition) is 10. The average Bonchev–Trinajstić information content (AvgIpc) is 2.60. The van der Waals surface area contributed by atoms with Gasteiger partial charge in [0.2, 0.25) is 0 Å². The van der Waals surface area contributed by atoms with Gasteiger partial charge in [-0.3, -0.25) is 4.55 Å². The first-order valence-corrected chi connectivity index (χ1v) is 9.69. The first kappa shape index (κ1) is 21.1. The van der Waals surface area contributed by atoms with Crippen molar-refractivity contribution in [3.8, 4) is 0 Å². The van der Waals surface area contributed by atoms with E-state index >= 15 is 0 Å². The van der Waals surface area contributed by atoms with Crippen LogP contribution in [-0.4, -0.2) is 74.9 Å². The highest BCUT2D eigenvalue weighted by Crippen LogP contribution is 2.30.